The molecule has 5 heteroatoms. The summed E-state index contributed by atoms with van der Waals surface area (Å²) in [5.74, 6) is -0.438. The Balaban J connectivity index is 2.76. The van der Waals surface area contributed by atoms with Crippen molar-refractivity contribution in [2.75, 3.05) is 12.0 Å². The molecular weight excluding hydrogens is 262 g/mol. The number of carbonyl (C=O) groups excluding carboxylic acids is 1. The molecule has 0 aliphatic carbocycles. The van der Waals surface area contributed by atoms with Gasteiger partial charge in [0.1, 0.15) is 0 Å². The van der Waals surface area contributed by atoms with Crippen molar-refractivity contribution in [2.24, 2.45) is 5.92 Å². The third-order valence-corrected chi connectivity index (χ3v) is 3.59. The highest BCUT2D eigenvalue weighted by molar-refractivity contribution is 7.98. The zero-order valence-corrected chi connectivity index (χ0v) is 11.9. The van der Waals surface area contributed by atoms with E-state index >= 15 is 0 Å². The third kappa shape index (κ3) is 5.34. The molecule has 19 heavy (non-hydrogen) atoms. The minimum Gasteiger partial charge on any atom is -0.481 e. The van der Waals surface area contributed by atoms with Crippen LogP contribution in [0, 0.1) is 5.92 Å². The van der Waals surface area contributed by atoms with E-state index in [9.17, 15) is 9.59 Å². The lowest BCUT2D eigenvalue weighted by molar-refractivity contribution is -0.137. The van der Waals surface area contributed by atoms with E-state index in [4.69, 9.17) is 5.11 Å². The Morgan fingerprint density at radius 1 is 1.32 bits per heavy atom. The summed E-state index contributed by atoms with van der Waals surface area (Å²) in [7, 11) is 0. The smallest absolute Gasteiger partial charge is 0.305 e. The zero-order chi connectivity index (χ0) is 14.3. The average Bonchev–Trinajstić information content (AvgIpc) is 2.38. The number of rotatable bonds is 7. The molecule has 0 fully saturated rings. The molecule has 0 aliphatic rings. The molecule has 0 bridgehead atoms. The van der Waals surface area contributed by atoms with Crippen molar-refractivity contribution in [3.05, 3.63) is 35.9 Å². The van der Waals surface area contributed by atoms with Crippen molar-refractivity contribution in [3.8, 4) is 0 Å². The van der Waals surface area contributed by atoms with Gasteiger partial charge in [-0.1, -0.05) is 37.3 Å². The maximum Gasteiger partial charge on any atom is 0.305 e. The number of hydrogen-bond donors (Lipinski definition) is 2. The first-order chi connectivity index (χ1) is 9.04. The summed E-state index contributed by atoms with van der Waals surface area (Å²) >= 11 is 1.60. The van der Waals surface area contributed by atoms with E-state index in [1.165, 1.54) is 0 Å². The van der Waals surface area contributed by atoms with Gasteiger partial charge in [0.2, 0.25) is 5.91 Å². The lowest BCUT2D eigenvalue weighted by atomic mass is 10.0. The van der Waals surface area contributed by atoms with E-state index in [1.807, 2.05) is 43.5 Å². The van der Waals surface area contributed by atoms with Crippen LogP contribution >= 0.6 is 11.8 Å². The predicted octanol–water partition coefficient (Wildman–Crippen LogP) is 2.32. The van der Waals surface area contributed by atoms with Gasteiger partial charge in [-0.15, -0.1) is 0 Å². The number of hydrogen-bond acceptors (Lipinski definition) is 3. The van der Waals surface area contributed by atoms with E-state index in [0.717, 1.165) is 11.3 Å². The van der Waals surface area contributed by atoms with E-state index in [-0.39, 0.29) is 18.2 Å². The van der Waals surface area contributed by atoms with Crippen LogP contribution in [0.1, 0.15) is 24.9 Å². The zero-order valence-electron chi connectivity index (χ0n) is 11.1. The van der Waals surface area contributed by atoms with Gasteiger partial charge in [0.25, 0.3) is 0 Å². The number of amides is 1. The highest BCUT2D eigenvalue weighted by Crippen LogP contribution is 2.17. The number of thioether (sulfide) groups is 1. The lowest BCUT2D eigenvalue weighted by Gasteiger charge is -2.20. The maximum atomic E-state index is 12.0. The largest absolute Gasteiger partial charge is 0.481 e. The molecule has 1 amide bonds. The molecule has 1 aromatic rings. The molecule has 0 aliphatic heterocycles. The number of nitrogens with one attached hydrogen (secondary N) is 1. The normalized spacial score (nSPS) is 13.6. The van der Waals surface area contributed by atoms with Crippen LogP contribution in [-0.4, -0.2) is 29.0 Å². The SMILES string of the molecule is CSCC(C)C(=O)NC(CC(=O)O)c1ccccc1. The summed E-state index contributed by atoms with van der Waals surface area (Å²) in [6.45, 7) is 1.84. The third-order valence-electron chi connectivity index (χ3n) is 2.76. The molecule has 1 rings (SSSR count). The van der Waals surface area contributed by atoms with Crippen LogP contribution in [0.15, 0.2) is 30.3 Å². The first-order valence-corrected chi connectivity index (χ1v) is 7.50. The van der Waals surface area contributed by atoms with Gasteiger partial charge in [0, 0.05) is 11.7 Å². The Bertz CT molecular complexity index is 422. The second-order valence-corrected chi connectivity index (χ2v) is 5.34. The number of aliphatic carboxylic acids is 1. The van der Waals surface area contributed by atoms with Gasteiger partial charge < -0.3 is 10.4 Å². The van der Waals surface area contributed by atoms with Gasteiger partial charge in [0.05, 0.1) is 12.5 Å². The fraction of sp³-hybridized carbons (Fsp3) is 0.429. The molecule has 2 unspecified atom stereocenters. The molecule has 104 valence electrons. The van der Waals surface area contributed by atoms with Crippen LogP contribution < -0.4 is 5.32 Å². The lowest BCUT2D eigenvalue weighted by Crippen LogP contribution is -2.34. The van der Waals surface area contributed by atoms with E-state index in [1.54, 1.807) is 11.8 Å². The molecular formula is C14H19NO3S. The molecule has 0 heterocycles. The summed E-state index contributed by atoms with van der Waals surface area (Å²) in [6, 6.07) is 8.71. The first-order valence-electron chi connectivity index (χ1n) is 6.10. The van der Waals surface area contributed by atoms with Gasteiger partial charge in [0.15, 0.2) is 0 Å². The van der Waals surface area contributed by atoms with Gasteiger partial charge in [-0.05, 0) is 11.8 Å². The van der Waals surface area contributed by atoms with Crippen molar-refractivity contribution in [3.63, 3.8) is 0 Å². The highest BCUT2D eigenvalue weighted by Gasteiger charge is 2.20. The Kier molecular flexibility index (Phi) is 6.42. The molecule has 4 nitrogen and oxygen atoms in total. The minimum absolute atomic E-state index is 0.107. The van der Waals surface area contributed by atoms with Crippen molar-refractivity contribution >= 4 is 23.6 Å². The monoisotopic (exact) mass is 281 g/mol. The average molecular weight is 281 g/mol. The summed E-state index contributed by atoms with van der Waals surface area (Å²) in [5, 5.41) is 11.8. The molecule has 0 radical (unpaired) electrons. The topological polar surface area (TPSA) is 66.4 Å². The standard InChI is InChI=1S/C14H19NO3S/c1-10(9-19-2)14(18)15-12(8-13(16)17)11-6-4-3-5-7-11/h3-7,10,12H,8-9H2,1-2H3,(H,15,18)(H,16,17). The summed E-state index contributed by atoms with van der Waals surface area (Å²) < 4.78 is 0. The minimum atomic E-state index is -0.924. The van der Waals surface area contributed by atoms with E-state index in [0.29, 0.717) is 0 Å². The predicted molar refractivity (Wildman–Crippen MR) is 77.1 cm³/mol. The van der Waals surface area contributed by atoms with E-state index in [2.05, 4.69) is 5.32 Å². The van der Waals surface area contributed by atoms with Crippen molar-refractivity contribution in [1.82, 2.24) is 5.32 Å². The van der Waals surface area contributed by atoms with Gasteiger partial charge in [-0.3, -0.25) is 9.59 Å². The van der Waals surface area contributed by atoms with Crippen LogP contribution in [0.2, 0.25) is 0 Å². The van der Waals surface area contributed by atoms with Crippen LogP contribution in [0.5, 0.6) is 0 Å². The Morgan fingerprint density at radius 3 is 2.47 bits per heavy atom. The maximum absolute atomic E-state index is 12.0. The number of benzene rings is 1. The second-order valence-electron chi connectivity index (χ2n) is 4.43. The Labute approximate surface area is 117 Å². The van der Waals surface area contributed by atoms with Crippen LogP contribution in [0.25, 0.3) is 0 Å². The second kappa shape index (κ2) is 7.84. The molecule has 0 saturated carbocycles. The van der Waals surface area contributed by atoms with Crippen LogP contribution in [0.4, 0.5) is 0 Å². The van der Waals surface area contributed by atoms with Gasteiger partial charge in [-0.25, -0.2) is 0 Å². The van der Waals surface area contributed by atoms with Crippen molar-refractivity contribution < 1.29 is 14.7 Å². The summed E-state index contributed by atoms with van der Waals surface area (Å²) in [5.41, 5.74) is 0.814. The number of carbonyl (C=O) groups is 2. The number of carboxylic acids is 1. The molecule has 2 N–H and O–H groups in total. The molecule has 1 aromatic carbocycles. The van der Waals surface area contributed by atoms with Gasteiger partial charge >= 0.3 is 5.97 Å². The van der Waals surface area contributed by atoms with Crippen LogP contribution in [-0.2, 0) is 9.59 Å². The first kappa shape index (κ1) is 15.6. The molecule has 0 aromatic heterocycles. The summed E-state index contributed by atoms with van der Waals surface area (Å²) in [6.07, 6.45) is 1.83. The molecule has 2 atom stereocenters. The Hall–Kier alpha value is -1.49. The van der Waals surface area contributed by atoms with Crippen molar-refractivity contribution in [1.29, 1.82) is 0 Å². The Morgan fingerprint density at radius 2 is 1.95 bits per heavy atom. The van der Waals surface area contributed by atoms with E-state index < -0.39 is 12.0 Å². The van der Waals surface area contributed by atoms with Gasteiger partial charge in [-0.2, -0.15) is 11.8 Å². The van der Waals surface area contributed by atoms with Crippen molar-refractivity contribution in [2.45, 2.75) is 19.4 Å². The molecule has 0 saturated heterocycles. The molecule has 0 spiro atoms. The number of carboxylic acid groups (broad SMARTS) is 1. The fourth-order valence-corrected chi connectivity index (χ4v) is 2.40. The quantitative estimate of drug-likeness (QED) is 0.805. The fourth-order valence-electron chi connectivity index (χ4n) is 1.75. The summed E-state index contributed by atoms with van der Waals surface area (Å²) in [4.78, 5) is 22.9. The van der Waals surface area contributed by atoms with Crippen LogP contribution in [0.3, 0.4) is 0 Å². The highest BCUT2D eigenvalue weighted by atomic mass is 32.2.